The van der Waals surface area contributed by atoms with Crippen LogP contribution in [0.1, 0.15) is 40.5 Å². The predicted octanol–water partition coefficient (Wildman–Crippen LogP) is 0.652. The average Bonchev–Trinajstić information content (AvgIpc) is 2.17. The maximum Gasteiger partial charge on any atom is 0.237 e. The van der Waals surface area contributed by atoms with Crippen LogP contribution in [0.15, 0.2) is 0 Å². The Kier molecular flexibility index (Phi) is 6.52. The molecule has 0 aliphatic heterocycles. The number of hydrogen-bond donors (Lipinski definition) is 3. The summed E-state index contributed by atoms with van der Waals surface area (Å²) in [6.45, 7) is 8.71. The van der Waals surface area contributed by atoms with Gasteiger partial charge in [0.1, 0.15) is 0 Å². The smallest absolute Gasteiger partial charge is 0.237 e. The summed E-state index contributed by atoms with van der Waals surface area (Å²) in [4.78, 5) is 11.7. The van der Waals surface area contributed by atoms with E-state index in [1.807, 2.05) is 27.7 Å². The molecule has 4 nitrogen and oxygen atoms in total. The van der Waals surface area contributed by atoms with Crippen molar-refractivity contribution >= 4 is 5.91 Å². The lowest BCUT2D eigenvalue weighted by atomic mass is 10.0. The first-order valence-corrected chi connectivity index (χ1v) is 5.59. The summed E-state index contributed by atoms with van der Waals surface area (Å²) in [6.07, 6.45) is 1.58. The number of amides is 1. The molecule has 0 aromatic rings. The second-order valence-electron chi connectivity index (χ2n) is 4.48. The van der Waals surface area contributed by atoms with Crippen molar-refractivity contribution in [3.8, 4) is 0 Å². The van der Waals surface area contributed by atoms with Crippen molar-refractivity contribution in [1.82, 2.24) is 10.6 Å². The van der Waals surface area contributed by atoms with Gasteiger partial charge in [-0.15, -0.1) is 0 Å². The Balaban J connectivity index is 3.88. The molecular weight excluding hydrogens is 192 g/mol. The van der Waals surface area contributed by atoms with Gasteiger partial charge in [-0.3, -0.25) is 4.79 Å². The summed E-state index contributed by atoms with van der Waals surface area (Å²) < 4.78 is 0. The summed E-state index contributed by atoms with van der Waals surface area (Å²) in [5, 5.41) is 14.6. The highest BCUT2D eigenvalue weighted by Crippen LogP contribution is 2.06. The highest BCUT2D eigenvalue weighted by atomic mass is 16.3. The number of aliphatic hydroxyl groups is 1. The van der Waals surface area contributed by atoms with Gasteiger partial charge in [0.15, 0.2) is 0 Å². The largest absolute Gasteiger partial charge is 0.396 e. The molecule has 0 saturated carbocycles. The summed E-state index contributed by atoms with van der Waals surface area (Å²) in [6, 6.07) is -0.206. The van der Waals surface area contributed by atoms with E-state index in [1.54, 1.807) is 0 Å². The first-order chi connectivity index (χ1) is 6.93. The topological polar surface area (TPSA) is 61.4 Å². The lowest BCUT2D eigenvalue weighted by Gasteiger charge is -2.26. The van der Waals surface area contributed by atoms with E-state index in [9.17, 15) is 4.79 Å². The van der Waals surface area contributed by atoms with E-state index < -0.39 is 0 Å². The van der Waals surface area contributed by atoms with Crippen LogP contribution in [0.2, 0.25) is 0 Å². The normalized spacial score (nSPS) is 13.7. The monoisotopic (exact) mass is 216 g/mol. The van der Waals surface area contributed by atoms with Gasteiger partial charge in [-0.2, -0.15) is 0 Å². The van der Waals surface area contributed by atoms with Crippen LogP contribution >= 0.6 is 0 Å². The molecule has 0 aliphatic carbocycles. The molecule has 0 saturated heterocycles. The van der Waals surface area contributed by atoms with E-state index >= 15 is 0 Å². The summed E-state index contributed by atoms with van der Waals surface area (Å²) in [5.74, 6) is 0.0137. The first kappa shape index (κ1) is 14.4. The molecule has 1 unspecified atom stereocenters. The Bertz CT molecular complexity index is 193. The Morgan fingerprint density at radius 3 is 2.53 bits per heavy atom. The Morgan fingerprint density at radius 1 is 1.47 bits per heavy atom. The molecular formula is C11H24N2O2. The van der Waals surface area contributed by atoms with E-state index in [4.69, 9.17) is 5.11 Å². The van der Waals surface area contributed by atoms with Gasteiger partial charge in [0, 0.05) is 12.1 Å². The molecule has 4 heteroatoms. The number of hydrogen-bond acceptors (Lipinski definition) is 3. The fraction of sp³-hybridized carbons (Fsp3) is 0.909. The van der Waals surface area contributed by atoms with E-state index in [0.717, 1.165) is 6.42 Å². The van der Waals surface area contributed by atoms with Crippen molar-refractivity contribution in [2.75, 3.05) is 13.2 Å². The lowest BCUT2D eigenvalue weighted by Crippen LogP contribution is -2.50. The van der Waals surface area contributed by atoms with Crippen LogP contribution < -0.4 is 10.6 Å². The lowest BCUT2D eigenvalue weighted by molar-refractivity contribution is -0.124. The van der Waals surface area contributed by atoms with Gasteiger partial charge < -0.3 is 15.7 Å². The van der Waals surface area contributed by atoms with Gasteiger partial charge in [0.25, 0.3) is 0 Å². The third-order valence-electron chi connectivity index (χ3n) is 2.52. The van der Waals surface area contributed by atoms with Crippen molar-refractivity contribution in [2.24, 2.45) is 0 Å². The molecule has 0 fully saturated rings. The first-order valence-electron chi connectivity index (χ1n) is 5.59. The number of carbonyl (C=O) groups excluding carboxylic acids is 1. The van der Waals surface area contributed by atoms with Crippen molar-refractivity contribution in [2.45, 2.75) is 52.1 Å². The number of carbonyl (C=O) groups is 1. The molecule has 90 valence electrons. The van der Waals surface area contributed by atoms with Gasteiger partial charge >= 0.3 is 0 Å². The average molecular weight is 216 g/mol. The van der Waals surface area contributed by atoms with Crippen LogP contribution in [-0.2, 0) is 4.79 Å². The van der Waals surface area contributed by atoms with Gasteiger partial charge in [0.2, 0.25) is 5.91 Å². The zero-order valence-electron chi connectivity index (χ0n) is 10.3. The summed E-state index contributed by atoms with van der Waals surface area (Å²) in [7, 11) is 0. The quantitative estimate of drug-likeness (QED) is 0.548. The zero-order chi connectivity index (χ0) is 11.9. The molecule has 0 spiro atoms. The van der Waals surface area contributed by atoms with Gasteiger partial charge in [-0.25, -0.2) is 0 Å². The van der Waals surface area contributed by atoms with E-state index in [0.29, 0.717) is 13.0 Å². The Hall–Kier alpha value is -0.610. The van der Waals surface area contributed by atoms with Crippen LogP contribution in [0.3, 0.4) is 0 Å². The minimum absolute atomic E-state index is 0.0137. The van der Waals surface area contributed by atoms with Crippen molar-refractivity contribution < 1.29 is 9.90 Å². The highest BCUT2D eigenvalue weighted by Gasteiger charge is 2.20. The van der Waals surface area contributed by atoms with Gasteiger partial charge in [-0.1, -0.05) is 6.92 Å². The fourth-order valence-corrected chi connectivity index (χ4v) is 1.02. The molecule has 3 N–H and O–H groups in total. The maximum absolute atomic E-state index is 11.7. The van der Waals surface area contributed by atoms with Crippen molar-refractivity contribution in [3.05, 3.63) is 0 Å². The zero-order valence-corrected chi connectivity index (χ0v) is 10.3. The van der Waals surface area contributed by atoms with Crippen LogP contribution in [0.5, 0.6) is 0 Å². The standard InChI is InChI=1S/C11H24N2O2/c1-5-11(3,4)13-10(15)9(2)12-7-6-8-14/h9,12,14H,5-8H2,1-4H3,(H,13,15). The molecule has 0 radical (unpaired) electrons. The van der Waals surface area contributed by atoms with Crippen LogP contribution in [0.25, 0.3) is 0 Å². The molecule has 0 aromatic carbocycles. The molecule has 1 atom stereocenters. The van der Waals surface area contributed by atoms with Gasteiger partial charge in [0.05, 0.1) is 6.04 Å². The third kappa shape index (κ3) is 6.47. The number of nitrogens with one attached hydrogen (secondary N) is 2. The van der Waals surface area contributed by atoms with Crippen molar-refractivity contribution in [1.29, 1.82) is 0 Å². The Morgan fingerprint density at radius 2 is 2.07 bits per heavy atom. The van der Waals surface area contributed by atoms with Crippen LogP contribution in [0, 0.1) is 0 Å². The minimum Gasteiger partial charge on any atom is -0.396 e. The highest BCUT2D eigenvalue weighted by molar-refractivity contribution is 5.81. The van der Waals surface area contributed by atoms with Crippen molar-refractivity contribution in [3.63, 3.8) is 0 Å². The Labute approximate surface area is 92.4 Å². The summed E-state index contributed by atoms with van der Waals surface area (Å²) in [5.41, 5.74) is -0.149. The predicted molar refractivity (Wildman–Crippen MR) is 61.7 cm³/mol. The molecule has 0 aliphatic rings. The molecule has 1 amide bonds. The minimum atomic E-state index is -0.206. The second-order valence-corrected chi connectivity index (χ2v) is 4.48. The molecule has 0 rings (SSSR count). The van der Waals surface area contributed by atoms with Crippen LogP contribution in [-0.4, -0.2) is 35.7 Å². The number of aliphatic hydroxyl groups excluding tert-OH is 1. The maximum atomic E-state index is 11.7. The molecule has 0 bridgehead atoms. The van der Waals surface area contributed by atoms with E-state index in [2.05, 4.69) is 10.6 Å². The van der Waals surface area contributed by atoms with E-state index in [-0.39, 0.29) is 24.1 Å². The SMILES string of the molecule is CCC(C)(C)NC(=O)C(C)NCCCO. The second kappa shape index (κ2) is 6.80. The van der Waals surface area contributed by atoms with E-state index in [1.165, 1.54) is 0 Å². The van der Waals surface area contributed by atoms with Gasteiger partial charge in [-0.05, 0) is 40.2 Å². The molecule has 0 heterocycles. The fourth-order valence-electron chi connectivity index (χ4n) is 1.02. The summed E-state index contributed by atoms with van der Waals surface area (Å²) >= 11 is 0. The molecule has 0 aromatic heterocycles. The van der Waals surface area contributed by atoms with Crippen LogP contribution in [0.4, 0.5) is 0 Å². The number of rotatable bonds is 7. The molecule has 15 heavy (non-hydrogen) atoms. The third-order valence-corrected chi connectivity index (χ3v) is 2.52.